The van der Waals surface area contributed by atoms with Crippen molar-refractivity contribution in [1.29, 1.82) is 0 Å². The zero-order chi connectivity index (χ0) is 9.14. The van der Waals surface area contributed by atoms with Gasteiger partial charge >= 0.3 is 0 Å². The molecule has 0 bridgehead atoms. The van der Waals surface area contributed by atoms with Gasteiger partial charge in [-0.2, -0.15) is 0 Å². The van der Waals surface area contributed by atoms with E-state index in [2.05, 4.69) is 20.4 Å². The minimum absolute atomic E-state index is 0.124. The molecule has 1 nitrogen and oxygen atoms in total. The van der Waals surface area contributed by atoms with Crippen LogP contribution in [-0.2, 0) is 0 Å². The van der Waals surface area contributed by atoms with Crippen LogP contribution in [0.1, 0.15) is 39.5 Å². The Labute approximate surface area is 75.5 Å². The SMILES string of the molecule is C=C(CC)[C@H]1CC[C@@H](C)C[C@H]1O. The fourth-order valence-electron chi connectivity index (χ4n) is 2.09. The van der Waals surface area contributed by atoms with E-state index >= 15 is 0 Å². The zero-order valence-corrected chi connectivity index (χ0v) is 8.21. The molecule has 1 aliphatic carbocycles. The Bertz CT molecular complexity index is 162. The second-order valence-electron chi connectivity index (χ2n) is 4.10. The number of rotatable bonds is 2. The van der Waals surface area contributed by atoms with Crippen molar-refractivity contribution in [3.63, 3.8) is 0 Å². The molecule has 12 heavy (non-hydrogen) atoms. The molecule has 1 rings (SSSR count). The summed E-state index contributed by atoms with van der Waals surface area (Å²) < 4.78 is 0. The summed E-state index contributed by atoms with van der Waals surface area (Å²) in [6.07, 6.45) is 4.23. The first-order chi connectivity index (χ1) is 5.65. The number of hydrogen-bond donors (Lipinski definition) is 1. The molecule has 0 aromatic carbocycles. The topological polar surface area (TPSA) is 20.2 Å². The van der Waals surface area contributed by atoms with Crippen molar-refractivity contribution < 1.29 is 5.11 Å². The van der Waals surface area contributed by atoms with Crippen LogP contribution < -0.4 is 0 Å². The second kappa shape index (κ2) is 4.08. The highest BCUT2D eigenvalue weighted by Gasteiger charge is 2.27. The molecule has 0 unspecified atom stereocenters. The Balaban J connectivity index is 2.50. The monoisotopic (exact) mass is 168 g/mol. The van der Waals surface area contributed by atoms with Gasteiger partial charge < -0.3 is 5.11 Å². The average molecular weight is 168 g/mol. The van der Waals surface area contributed by atoms with Crippen molar-refractivity contribution in [1.82, 2.24) is 0 Å². The summed E-state index contributed by atoms with van der Waals surface area (Å²) in [7, 11) is 0. The lowest BCUT2D eigenvalue weighted by atomic mass is 9.77. The van der Waals surface area contributed by atoms with Crippen molar-refractivity contribution >= 4 is 0 Å². The lowest BCUT2D eigenvalue weighted by Crippen LogP contribution is -2.29. The molecule has 0 amide bonds. The first-order valence-electron chi connectivity index (χ1n) is 5.00. The minimum atomic E-state index is -0.124. The van der Waals surface area contributed by atoms with Gasteiger partial charge in [0.15, 0.2) is 0 Å². The summed E-state index contributed by atoms with van der Waals surface area (Å²) in [5, 5.41) is 9.78. The van der Waals surface area contributed by atoms with Crippen LogP contribution in [-0.4, -0.2) is 11.2 Å². The van der Waals surface area contributed by atoms with Gasteiger partial charge in [-0.3, -0.25) is 0 Å². The molecule has 1 fully saturated rings. The van der Waals surface area contributed by atoms with Gasteiger partial charge in [-0.05, 0) is 31.6 Å². The summed E-state index contributed by atoms with van der Waals surface area (Å²) >= 11 is 0. The molecule has 0 aromatic heterocycles. The Hall–Kier alpha value is -0.300. The van der Waals surface area contributed by atoms with Crippen LogP contribution in [0, 0.1) is 11.8 Å². The van der Waals surface area contributed by atoms with Gasteiger partial charge in [0.25, 0.3) is 0 Å². The van der Waals surface area contributed by atoms with Gasteiger partial charge in [-0.15, -0.1) is 0 Å². The highest BCUT2D eigenvalue weighted by atomic mass is 16.3. The summed E-state index contributed by atoms with van der Waals surface area (Å²) in [6, 6.07) is 0. The van der Waals surface area contributed by atoms with E-state index in [0.29, 0.717) is 11.8 Å². The van der Waals surface area contributed by atoms with Crippen LogP contribution in [0.2, 0.25) is 0 Å². The molecule has 0 saturated heterocycles. The maximum absolute atomic E-state index is 9.78. The highest BCUT2D eigenvalue weighted by molar-refractivity contribution is 5.04. The van der Waals surface area contributed by atoms with Crippen molar-refractivity contribution in [2.75, 3.05) is 0 Å². The van der Waals surface area contributed by atoms with E-state index in [1.165, 1.54) is 12.0 Å². The summed E-state index contributed by atoms with van der Waals surface area (Å²) in [5.41, 5.74) is 1.23. The average Bonchev–Trinajstić information content (AvgIpc) is 2.03. The van der Waals surface area contributed by atoms with Crippen molar-refractivity contribution in [2.24, 2.45) is 11.8 Å². The van der Waals surface area contributed by atoms with Crippen LogP contribution in [0.4, 0.5) is 0 Å². The first-order valence-corrected chi connectivity index (χ1v) is 5.00. The Kier molecular flexibility index (Phi) is 3.33. The van der Waals surface area contributed by atoms with Gasteiger partial charge in [-0.1, -0.05) is 26.0 Å². The fourth-order valence-corrected chi connectivity index (χ4v) is 2.09. The third-order valence-electron chi connectivity index (χ3n) is 3.06. The van der Waals surface area contributed by atoms with Crippen LogP contribution in [0.3, 0.4) is 0 Å². The van der Waals surface area contributed by atoms with Crippen LogP contribution in [0.15, 0.2) is 12.2 Å². The molecule has 70 valence electrons. The summed E-state index contributed by atoms with van der Waals surface area (Å²) in [5.74, 6) is 1.08. The Morgan fingerprint density at radius 2 is 2.17 bits per heavy atom. The van der Waals surface area contributed by atoms with Gasteiger partial charge in [0.05, 0.1) is 6.10 Å². The number of aliphatic hydroxyl groups excluding tert-OH is 1. The number of hydrogen-bond acceptors (Lipinski definition) is 1. The molecule has 1 aliphatic rings. The Morgan fingerprint density at radius 1 is 1.50 bits per heavy atom. The summed E-state index contributed by atoms with van der Waals surface area (Å²) in [6.45, 7) is 8.35. The minimum Gasteiger partial charge on any atom is -0.392 e. The van der Waals surface area contributed by atoms with Gasteiger partial charge in [-0.25, -0.2) is 0 Å². The number of aliphatic hydroxyl groups is 1. The van der Waals surface area contributed by atoms with E-state index in [1.807, 2.05) is 0 Å². The molecular weight excluding hydrogens is 148 g/mol. The zero-order valence-electron chi connectivity index (χ0n) is 8.21. The van der Waals surface area contributed by atoms with Crippen molar-refractivity contribution in [3.05, 3.63) is 12.2 Å². The van der Waals surface area contributed by atoms with Gasteiger partial charge in [0.2, 0.25) is 0 Å². The predicted molar refractivity (Wildman–Crippen MR) is 51.9 cm³/mol. The third-order valence-corrected chi connectivity index (χ3v) is 3.06. The second-order valence-corrected chi connectivity index (χ2v) is 4.10. The smallest absolute Gasteiger partial charge is 0.0607 e. The first kappa shape index (κ1) is 9.79. The molecular formula is C11H20O. The van der Waals surface area contributed by atoms with Crippen LogP contribution in [0.5, 0.6) is 0 Å². The lowest BCUT2D eigenvalue weighted by molar-refractivity contribution is 0.0644. The fraction of sp³-hybridized carbons (Fsp3) is 0.818. The van der Waals surface area contributed by atoms with E-state index in [-0.39, 0.29) is 6.10 Å². The molecule has 1 N–H and O–H groups in total. The summed E-state index contributed by atoms with van der Waals surface area (Å²) in [4.78, 5) is 0. The lowest BCUT2D eigenvalue weighted by Gasteiger charge is -2.32. The molecule has 1 saturated carbocycles. The molecule has 0 aliphatic heterocycles. The van der Waals surface area contributed by atoms with E-state index in [4.69, 9.17) is 0 Å². The molecule has 0 spiro atoms. The largest absolute Gasteiger partial charge is 0.392 e. The maximum atomic E-state index is 9.78. The molecule has 0 heterocycles. The van der Waals surface area contributed by atoms with E-state index in [1.54, 1.807) is 0 Å². The van der Waals surface area contributed by atoms with E-state index < -0.39 is 0 Å². The maximum Gasteiger partial charge on any atom is 0.0607 e. The Morgan fingerprint density at radius 3 is 2.67 bits per heavy atom. The molecule has 1 heteroatoms. The van der Waals surface area contributed by atoms with Crippen molar-refractivity contribution in [3.8, 4) is 0 Å². The predicted octanol–water partition coefficient (Wildman–Crippen LogP) is 2.75. The molecule has 3 atom stereocenters. The van der Waals surface area contributed by atoms with E-state index in [9.17, 15) is 5.11 Å². The molecule has 0 radical (unpaired) electrons. The van der Waals surface area contributed by atoms with E-state index in [0.717, 1.165) is 19.3 Å². The van der Waals surface area contributed by atoms with Crippen LogP contribution >= 0.6 is 0 Å². The van der Waals surface area contributed by atoms with Gasteiger partial charge in [0, 0.05) is 5.92 Å². The van der Waals surface area contributed by atoms with Crippen molar-refractivity contribution in [2.45, 2.75) is 45.6 Å². The van der Waals surface area contributed by atoms with Gasteiger partial charge in [0.1, 0.15) is 0 Å². The molecule has 0 aromatic rings. The van der Waals surface area contributed by atoms with Crippen LogP contribution in [0.25, 0.3) is 0 Å². The standard InChI is InChI=1S/C11H20O/c1-4-9(3)10-6-5-8(2)7-11(10)12/h8,10-12H,3-7H2,1-2H3/t8-,10-,11-/m1/s1. The third kappa shape index (κ3) is 2.10. The quantitative estimate of drug-likeness (QED) is 0.629. The highest BCUT2D eigenvalue weighted by Crippen LogP contribution is 2.33. The normalized spacial score (nSPS) is 36.4.